The Labute approximate surface area is 141 Å². The third-order valence-corrected chi connectivity index (χ3v) is 6.12. The van der Waals surface area contributed by atoms with E-state index in [1.807, 2.05) is 6.92 Å². The summed E-state index contributed by atoms with van der Waals surface area (Å²) in [5, 5.41) is 10.4. The maximum Gasteiger partial charge on any atom is 0.214 e. The molecule has 0 aromatic heterocycles. The molecule has 4 N–H and O–H groups in total. The highest BCUT2D eigenvalue weighted by molar-refractivity contribution is 7.89. The zero-order valence-corrected chi connectivity index (χ0v) is 15.4. The predicted molar refractivity (Wildman–Crippen MR) is 92.7 cm³/mol. The lowest BCUT2D eigenvalue weighted by molar-refractivity contribution is 0.0232. The van der Waals surface area contributed by atoms with E-state index in [2.05, 4.69) is 4.72 Å². The van der Waals surface area contributed by atoms with Gasteiger partial charge in [-0.3, -0.25) is 0 Å². The molecule has 0 unspecified atom stereocenters. The number of ether oxygens (including phenoxy) is 1. The van der Waals surface area contributed by atoms with Gasteiger partial charge in [-0.1, -0.05) is 45.4 Å². The second kappa shape index (κ2) is 10.6. The topological polar surface area (TPSA) is 102 Å². The molecule has 0 aliphatic heterocycles. The minimum atomic E-state index is -3.44. The van der Waals surface area contributed by atoms with E-state index in [1.54, 1.807) is 0 Å². The van der Waals surface area contributed by atoms with Crippen molar-refractivity contribution in [3.05, 3.63) is 0 Å². The zero-order chi connectivity index (χ0) is 17.3. The molecule has 0 bridgehead atoms. The minimum absolute atomic E-state index is 0.212. The van der Waals surface area contributed by atoms with Crippen LogP contribution in [0.2, 0.25) is 0 Å². The van der Waals surface area contributed by atoms with Crippen molar-refractivity contribution in [3.63, 3.8) is 0 Å². The summed E-state index contributed by atoms with van der Waals surface area (Å²) in [6.45, 7) is 2.43. The first-order valence-electron chi connectivity index (χ1n) is 8.83. The Morgan fingerprint density at radius 2 is 1.96 bits per heavy atom. The molecule has 0 amide bonds. The van der Waals surface area contributed by atoms with Gasteiger partial charge < -0.3 is 15.6 Å². The molecule has 1 rings (SSSR count). The van der Waals surface area contributed by atoms with Crippen LogP contribution in [0.25, 0.3) is 0 Å². The molecule has 0 aromatic carbocycles. The average Bonchev–Trinajstić information content (AvgIpc) is 2.53. The highest BCUT2D eigenvalue weighted by atomic mass is 32.2. The van der Waals surface area contributed by atoms with Crippen LogP contribution in [-0.4, -0.2) is 51.2 Å². The van der Waals surface area contributed by atoms with E-state index in [0.717, 1.165) is 25.7 Å². The third kappa shape index (κ3) is 7.94. The van der Waals surface area contributed by atoms with E-state index in [1.165, 1.54) is 26.4 Å². The summed E-state index contributed by atoms with van der Waals surface area (Å²) < 4.78 is 31.9. The van der Waals surface area contributed by atoms with Crippen LogP contribution in [0, 0.1) is 5.92 Å². The summed E-state index contributed by atoms with van der Waals surface area (Å²) in [4.78, 5) is 0. The van der Waals surface area contributed by atoms with Gasteiger partial charge in [-0.15, -0.1) is 0 Å². The summed E-state index contributed by atoms with van der Waals surface area (Å²) in [7, 11) is -2.00. The molecular formula is C16H34N2O4S. The molecular weight excluding hydrogens is 316 g/mol. The monoisotopic (exact) mass is 350 g/mol. The fourth-order valence-electron chi connectivity index (χ4n) is 3.19. The van der Waals surface area contributed by atoms with Crippen LogP contribution >= 0.6 is 0 Å². The SMILES string of the molecule is CCCCNS(=O)(=O)C[C@H](OC)[C@@H](N)[C@H](O)CC1CCCCC1. The molecule has 6 nitrogen and oxygen atoms in total. The molecule has 1 saturated carbocycles. The predicted octanol–water partition coefficient (Wildman–Crippen LogP) is 1.38. The van der Waals surface area contributed by atoms with Crippen molar-refractivity contribution < 1.29 is 18.3 Å². The number of sulfonamides is 1. The van der Waals surface area contributed by atoms with Crippen LogP contribution in [0.15, 0.2) is 0 Å². The van der Waals surface area contributed by atoms with E-state index in [-0.39, 0.29) is 5.75 Å². The molecule has 138 valence electrons. The van der Waals surface area contributed by atoms with Crippen LogP contribution in [0.5, 0.6) is 0 Å². The normalized spacial score (nSPS) is 21.0. The van der Waals surface area contributed by atoms with Gasteiger partial charge in [0.25, 0.3) is 0 Å². The summed E-state index contributed by atoms with van der Waals surface area (Å²) in [5.41, 5.74) is 6.08. The Bertz CT molecular complexity index is 410. The first kappa shape index (κ1) is 20.8. The maximum atomic E-state index is 12.1. The molecule has 1 aliphatic rings. The second-order valence-corrected chi connectivity index (χ2v) is 8.54. The molecule has 7 heteroatoms. The number of nitrogens with one attached hydrogen (secondary N) is 1. The van der Waals surface area contributed by atoms with Gasteiger partial charge >= 0.3 is 0 Å². The van der Waals surface area contributed by atoms with E-state index >= 15 is 0 Å². The average molecular weight is 351 g/mol. The Morgan fingerprint density at radius 1 is 1.30 bits per heavy atom. The molecule has 1 aliphatic carbocycles. The summed E-state index contributed by atoms with van der Waals surface area (Å²) in [6, 6.07) is -0.690. The van der Waals surface area contributed by atoms with Gasteiger partial charge in [-0.2, -0.15) is 0 Å². The standard InChI is InChI=1S/C16H34N2O4S/c1-3-4-10-18-23(20,21)12-15(22-2)16(17)14(19)11-13-8-6-5-7-9-13/h13-16,18-19H,3-12,17H2,1-2H3/t14-,15+,16+/m1/s1. The largest absolute Gasteiger partial charge is 0.391 e. The lowest BCUT2D eigenvalue weighted by Crippen LogP contribution is -2.50. The van der Waals surface area contributed by atoms with Crippen molar-refractivity contribution in [1.29, 1.82) is 0 Å². The Hall–Kier alpha value is -0.210. The minimum Gasteiger partial charge on any atom is -0.391 e. The first-order valence-corrected chi connectivity index (χ1v) is 10.5. The van der Waals surface area contributed by atoms with Crippen LogP contribution in [0.4, 0.5) is 0 Å². The van der Waals surface area contributed by atoms with Gasteiger partial charge in [0.05, 0.1) is 24.0 Å². The van der Waals surface area contributed by atoms with Crippen molar-refractivity contribution in [2.75, 3.05) is 19.4 Å². The molecule has 3 atom stereocenters. The highest BCUT2D eigenvalue weighted by Crippen LogP contribution is 2.28. The fourth-order valence-corrected chi connectivity index (χ4v) is 4.55. The van der Waals surface area contributed by atoms with Gasteiger partial charge in [0.2, 0.25) is 10.0 Å². The molecule has 1 fully saturated rings. The number of methoxy groups -OCH3 is 1. The number of nitrogens with two attached hydrogens (primary N) is 1. The fraction of sp³-hybridized carbons (Fsp3) is 1.00. The quantitative estimate of drug-likeness (QED) is 0.489. The van der Waals surface area contributed by atoms with Crippen LogP contribution < -0.4 is 10.5 Å². The summed E-state index contributed by atoms with van der Waals surface area (Å²) >= 11 is 0. The molecule has 0 saturated heterocycles. The van der Waals surface area contributed by atoms with Gasteiger partial charge in [0.15, 0.2) is 0 Å². The molecule has 23 heavy (non-hydrogen) atoms. The lowest BCUT2D eigenvalue weighted by Gasteiger charge is -2.30. The van der Waals surface area contributed by atoms with Gasteiger partial charge in [0.1, 0.15) is 0 Å². The van der Waals surface area contributed by atoms with Crippen LogP contribution in [0.1, 0.15) is 58.3 Å². The Morgan fingerprint density at radius 3 is 2.52 bits per heavy atom. The van der Waals surface area contributed by atoms with Crippen molar-refractivity contribution >= 4 is 10.0 Å². The number of hydrogen-bond acceptors (Lipinski definition) is 5. The third-order valence-electron chi connectivity index (χ3n) is 4.71. The number of aliphatic hydroxyl groups is 1. The van der Waals surface area contributed by atoms with Crippen molar-refractivity contribution in [2.24, 2.45) is 11.7 Å². The molecule has 0 spiro atoms. The number of hydrogen-bond donors (Lipinski definition) is 3. The second-order valence-electron chi connectivity index (χ2n) is 6.69. The maximum absolute atomic E-state index is 12.1. The smallest absolute Gasteiger partial charge is 0.214 e. The molecule has 0 heterocycles. The summed E-state index contributed by atoms with van der Waals surface area (Å²) in [6.07, 6.45) is 6.85. The van der Waals surface area contributed by atoms with Crippen LogP contribution in [-0.2, 0) is 14.8 Å². The number of rotatable bonds is 11. The Balaban J connectivity index is 2.50. The van der Waals surface area contributed by atoms with Crippen molar-refractivity contribution in [1.82, 2.24) is 4.72 Å². The van der Waals surface area contributed by atoms with E-state index in [4.69, 9.17) is 10.5 Å². The van der Waals surface area contributed by atoms with Gasteiger partial charge in [-0.25, -0.2) is 13.1 Å². The Kier molecular flexibility index (Phi) is 9.61. The van der Waals surface area contributed by atoms with Crippen molar-refractivity contribution in [2.45, 2.75) is 76.5 Å². The van der Waals surface area contributed by atoms with E-state index in [9.17, 15) is 13.5 Å². The van der Waals surface area contributed by atoms with E-state index < -0.39 is 28.3 Å². The van der Waals surface area contributed by atoms with E-state index in [0.29, 0.717) is 18.9 Å². The highest BCUT2D eigenvalue weighted by Gasteiger charge is 2.31. The lowest BCUT2D eigenvalue weighted by atomic mass is 9.84. The number of aliphatic hydroxyl groups excluding tert-OH is 1. The molecule has 0 radical (unpaired) electrons. The first-order chi connectivity index (χ1) is 10.9. The summed E-state index contributed by atoms with van der Waals surface area (Å²) in [5.74, 6) is 0.275. The number of unbranched alkanes of at least 4 members (excludes halogenated alkanes) is 1. The van der Waals surface area contributed by atoms with Gasteiger partial charge in [-0.05, 0) is 18.8 Å². The van der Waals surface area contributed by atoms with Crippen molar-refractivity contribution in [3.8, 4) is 0 Å². The van der Waals surface area contributed by atoms with Crippen LogP contribution in [0.3, 0.4) is 0 Å². The van der Waals surface area contributed by atoms with Gasteiger partial charge in [0, 0.05) is 13.7 Å². The zero-order valence-electron chi connectivity index (χ0n) is 14.5. The molecule has 0 aromatic rings.